The maximum Gasteiger partial charge on any atom is 0.242 e. The Morgan fingerprint density at radius 1 is 0.972 bits per heavy atom. The Morgan fingerprint density at radius 2 is 1.64 bits per heavy atom. The van der Waals surface area contributed by atoms with E-state index in [0.29, 0.717) is 31.6 Å². The number of nitrogens with one attached hydrogen (secondary N) is 1. The summed E-state index contributed by atoms with van der Waals surface area (Å²) in [6, 6.07) is 13.0. The molecule has 2 amide bonds. The lowest BCUT2D eigenvalue weighted by Crippen LogP contribution is -2.49. The molecule has 1 atom stereocenters. The molecule has 0 unspecified atom stereocenters. The van der Waals surface area contributed by atoms with Crippen LogP contribution in [-0.4, -0.2) is 50.5 Å². The van der Waals surface area contributed by atoms with Crippen LogP contribution in [0.25, 0.3) is 0 Å². The third-order valence-electron chi connectivity index (χ3n) is 6.02. The molecule has 0 radical (unpaired) electrons. The van der Waals surface area contributed by atoms with Crippen LogP contribution >= 0.6 is 0 Å². The van der Waals surface area contributed by atoms with Crippen molar-refractivity contribution in [3.63, 3.8) is 0 Å². The largest absolute Gasteiger partial charge is 0.354 e. The van der Waals surface area contributed by atoms with Crippen molar-refractivity contribution in [2.24, 2.45) is 0 Å². The number of rotatable bonds is 13. The van der Waals surface area contributed by atoms with Gasteiger partial charge in [-0.15, -0.1) is 0 Å². The second kappa shape index (κ2) is 13.4. The topological polar surface area (TPSA) is 86.8 Å². The molecule has 2 aromatic carbocycles. The van der Waals surface area contributed by atoms with Crippen molar-refractivity contribution in [2.75, 3.05) is 23.7 Å². The van der Waals surface area contributed by atoms with E-state index in [2.05, 4.69) is 5.32 Å². The number of sulfonamides is 1. The van der Waals surface area contributed by atoms with E-state index >= 15 is 0 Å². The number of anilines is 1. The van der Waals surface area contributed by atoms with Gasteiger partial charge in [0.25, 0.3) is 0 Å². The normalized spacial score (nSPS) is 12.2. The van der Waals surface area contributed by atoms with Gasteiger partial charge >= 0.3 is 0 Å². The van der Waals surface area contributed by atoms with Gasteiger partial charge in [-0.1, -0.05) is 49.7 Å². The second-order valence-electron chi connectivity index (χ2n) is 9.51. The summed E-state index contributed by atoms with van der Waals surface area (Å²) in [6.07, 6.45) is 2.97. The number of nitrogens with zero attached hydrogens (tertiary/aromatic N) is 2. The standard InChI is InChI=1S/C28H41N3O4S/c1-7-14-29-28(33)26(8-2)30(20-24-12-9-11-21(3)17-24)27(32)13-10-15-31(36(6,34)35)25-18-22(4)16-23(5)19-25/h9,11-12,16-19,26H,7-8,10,13-15,20H2,1-6H3,(H,29,33)/t26-/m1/s1. The molecule has 36 heavy (non-hydrogen) atoms. The molecule has 2 aromatic rings. The molecule has 8 heteroatoms. The first-order chi connectivity index (χ1) is 17.0. The molecule has 0 aliphatic rings. The molecule has 0 saturated heterocycles. The Bertz CT molecular complexity index is 1130. The summed E-state index contributed by atoms with van der Waals surface area (Å²) in [6.45, 7) is 10.8. The third-order valence-corrected chi connectivity index (χ3v) is 7.21. The minimum Gasteiger partial charge on any atom is -0.354 e. The van der Waals surface area contributed by atoms with E-state index in [4.69, 9.17) is 0 Å². The van der Waals surface area contributed by atoms with Gasteiger partial charge in [-0.3, -0.25) is 13.9 Å². The number of aryl methyl sites for hydroxylation is 3. The minimum atomic E-state index is -3.52. The monoisotopic (exact) mass is 515 g/mol. The Balaban J connectivity index is 2.23. The summed E-state index contributed by atoms with van der Waals surface area (Å²) in [5.41, 5.74) is 4.59. The van der Waals surface area contributed by atoms with Gasteiger partial charge in [0, 0.05) is 26.1 Å². The van der Waals surface area contributed by atoms with E-state index in [-0.39, 0.29) is 24.8 Å². The van der Waals surface area contributed by atoms with Crippen LogP contribution in [0.5, 0.6) is 0 Å². The fourth-order valence-corrected chi connectivity index (χ4v) is 5.34. The molecule has 2 rings (SSSR count). The molecule has 0 bridgehead atoms. The molecule has 0 heterocycles. The molecular formula is C28H41N3O4S. The number of carbonyl (C=O) groups excluding carboxylic acids is 2. The molecule has 0 saturated carbocycles. The van der Waals surface area contributed by atoms with Crippen LogP contribution in [0.15, 0.2) is 42.5 Å². The summed E-state index contributed by atoms with van der Waals surface area (Å²) in [5, 5.41) is 2.92. The van der Waals surface area contributed by atoms with Crippen LogP contribution in [0.3, 0.4) is 0 Å². The summed E-state index contributed by atoms with van der Waals surface area (Å²) >= 11 is 0. The van der Waals surface area contributed by atoms with Gasteiger partial charge in [-0.05, 0) is 68.9 Å². The maximum atomic E-state index is 13.5. The van der Waals surface area contributed by atoms with Crippen LogP contribution in [-0.2, 0) is 26.2 Å². The molecule has 0 aliphatic heterocycles. The van der Waals surface area contributed by atoms with Crippen molar-refractivity contribution in [3.05, 3.63) is 64.7 Å². The highest BCUT2D eigenvalue weighted by atomic mass is 32.2. The number of carbonyl (C=O) groups is 2. The van der Waals surface area contributed by atoms with Crippen molar-refractivity contribution in [2.45, 2.75) is 72.9 Å². The Morgan fingerprint density at radius 3 is 2.19 bits per heavy atom. The van der Waals surface area contributed by atoms with E-state index in [9.17, 15) is 18.0 Å². The fourth-order valence-electron chi connectivity index (χ4n) is 4.39. The summed E-state index contributed by atoms with van der Waals surface area (Å²) in [4.78, 5) is 28.0. The van der Waals surface area contributed by atoms with E-state index in [1.807, 2.05) is 77.1 Å². The zero-order valence-corrected chi connectivity index (χ0v) is 23.3. The number of amides is 2. The molecular weight excluding hydrogens is 474 g/mol. The second-order valence-corrected chi connectivity index (χ2v) is 11.4. The van der Waals surface area contributed by atoms with Crippen LogP contribution in [0.2, 0.25) is 0 Å². The first-order valence-electron chi connectivity index (χ1n) is 12.6. The Labute approximate surface area is 216 Å². The van der Waals surface area contributed by atoms with Gasteiger partial charge in [0.2, 0.25) is 21.8 Å². The van der Waals surface area contributed by atoms with Crippen molar-refractivity contribution in [1.29, 1.82) is 0 Å². The zero-order valence-electron chi connectivity index (χ0n) is 22.5. The molecule has 0 spiro atoms. The van der Waals surface area contributed by atoms with Gasteiger partial charge < -0.3 is 10.2 Å². The van der Waals surface area contributed by atoms with Crippen LogP contribution in [0.4, 0.5) is 5.69 Å². The first-order valence-corrected chi connectivity index (χ1v) is 14.5. The van der Waals surface area contributed by atoms with Crippen LogP contribution in [0, 0.1) is 20.8 Å². The first kappa shape index (κ1) is 29.4. The van der Waals surface area contributed by atoms with Crippen LogP contribution < -0.4 is 9.62 Å². The van der Waals surface area contributed by atoms with E-state index < -0.39 is 16.1 Å². The average Bonchev–Trinajstić information content (AvgIpc) is 2.78. The van der Waals surface area contributed by atoms with Crippen LogP contribution in [0.1, 0.15) is 61.8 Å². The van der Waals surface area contributed by atoms with Crippen molar-refractivity contribution in [1.82, 2.24) is 10.2 Å². The zero-order chi connectivity index (χ0) is 26.9. The van der Waals surface area contributed by atoms with E-state index in [0.717, 1.165) is 28.7 Å². The smallest absolute Gasteiger partial charge is 0.242 e. The SMILES string of the molecule is CCCNC(=O)[C@@H](CC)N(Cc1cccc(C)c1)C(=O)CCCN(c1cc(C)cc(C)c1)S(C)(=O)=O. The third kappa shape index (κ3) is 8.66. The average molecular weight is 516 g/mol. The lowest BCUT2D eigenvalue weighted by Gasteiger charge is -2.31. The molecule has 0 aliphatic carbocycles. The summed E-state index contributed by atoms with van der Waals surface area (Å²) in [5.74, 6) is -0.322. The highest BCUT2D eigenvalue weighted by Gasteiger charge is 2.28. The maximum absolute atomic E-state index is 13.5. The molecule has 1 N–H and O–H groups in total. The van der Waals surface area contributed by atoms with Gasteiger partial charge in [0.05, 0.1) is 11.9 Å². The number of hydrogen-bond donors (Lipinski definition) is 1. The molecule has 7 nitrogen and oxygen atoms in total. The highest BCUT2D eigenvalue weighted by Crippen LogP contribution is 2.22. The van der Waals surface area contributed by atoms with Gasteiger partial charge in [0.15, 0.2) is 0 Å². The van der Waals surface area contributed by atoms with E-state index in [1.54, 1.807) is 4.90 Å². The lowest BCUT2D eigenvalue weighted by molar-refractivity contribution is -0.141. The summed E-state index contributed by atoms with van der Waals surface area (Å²) in [7, 11) is -3.52. The Hall–Kier alpha value is -2.87. The summed E-state index contributed by atoms with van der Waals surface area (Å²) < 4.78 is 26.5. The fraction of sp³-hybridized carbons (Fsp3) is 0.500. The predicted molar refractivity (Wildman–Crippen MR) is 146 cm³/mol. The highest BCUT2D eigenvalue weighted by molar-refractivity contribution is 7.92. The van der Waals surface area contributed by atoms with Crippen molar-refractivity contribution in [3.8, 4) is 0 Å². The predicted octanol–water partition coefficient (Wildman–Crippen LogP) is 4.49. The van der Waals surface area contributed by atoms with Crippen molar-refractivity contribution >= 4 is 27.5 Å². The van der Waals surface area contributed by atoms with E-state index in [1.165, 1.54) is 10.6 Å². The van der Waals surface area contributed by atoms with Crippen molar-refractivity contribution < 1.29 is 18.0 Å². The number of hydrogen-bond acceptors (Lipinski definition) is 4. The lowest BCUT2D eigenvalue weighted by atomic mass is 10.1. The van der Waals surface area contributed by atoms with Gasteiger partial charge in [0.1, 0.15) is 6.04 Å². The number of benzene rings is 2. The molecule has 0 aromatic heterocycles. The minimum absolute atomic E-state index is 0.139. The molecule has 0 fully saturated rings. The van der Waals surface area contributed by atoms with Gasteiger partial charge in [-0.25, -0.2) is 8.42 Å². The Kier molecular flexibility index (Phi) is 11.0. The quantitative estimate of drug-likeness (QED) is 0.426. The van der Waals surface area contributed by atoms with Gasteiger partial charge in [-0.2, -0.15) is 0 Å². The molecule has 198 valence electrons.